The summed E-state index contributed by atoms with van der Waals surface area (Å²) in [6, 6.07) is 31.3. The van der Waals surface area contributed by atoms with Gasteiger partial charge in [0.25, 0.3) is 0 Å². The summed E-state index contributed by atoms with van der Waals surface area (Å²) >= 11 is 0. The van der Waals surface area contributed by atoms with E-state index < -0.39 is 0 Å². The summed E-state index contributed by atoms with van der Waals surface area (Å²) in [5.41, 5.74) is 9.83. The second-order valence-electron chi connectivity index (χ2n) is 11.5. The molecule has 2 aromatic heterocycles. The third-order valence-electron chi connectivity index (χ3n) is 9.03. The van der Waals surface area contributed by atoms with Gasteiger partial charge in [-0.2, -0.15) is 0 Å². The van der Waals surface area contributed by atoms with Gasteiger partial charge in [-0.25, -0.2) is 17.6 Å². The molecule has 9 rings (SSSR count). The van der Waals surface area contributed by atoms with Gasteiger partial charge < -0.3 is 9.13 Å². The fraction of sp³-hybridized carbons (Fsp3) is 0.0526. The highest BCUT2D eigenvalue weighted by atomic mass is 19.1. The van der Waals surface area contributed by atoms with Crippen LogP contribution >= 0.6 is 0 Å². The van der Waals surface area contributed by atoms with E-state index in [1.165, 1.54) is 59.7 Å². The van der Waals surface area contributed by atoms with Gasteiger partial charge in [0.2, 0.25) is 0 Å². The number of fused-ring (bicyclic) bond motifs is 9. The molecule has 6 heteroatoms. The molecule has 6 aromatic carbocycles. The number of aryl methyl sites for hydroxylation is 2. The van der Waals surface area contributed by atoms with Crippen molar-refractivity contribution in [2.24, 2.45) is 0 Å². The molecule has 0 saturated heterocycles. The van der Waals surface area contributed by atoms with E-state index in [0.717, 1.165) is 57.4 Å². The second-order valence-corrected chi connectivity index (χ2v) is 11.5. The summed E-state index contributed by atoms with van der Waals surface area (Å²) in [7, 11) is 0. The van der Waals surface area contributed by atoms with Crippen LogP contribution in [0.25, 0.3) is 66.1 Å². The first-order valence-corrected chi connectivity index (χ1v) is 14.5. The molecule has 0 spiro atoms. The zero-order valence-corrected chi connectivity index (χ0v) is 23.2. The van der Waals surface area contributed by atoms with Gasteiger partial charge in [-0.1, -0.05) is 12.1 Å². The molecule has 1 aliphatic rings. The lowest BCUT2D eigenvalue weighted by molar-refractivity contribution is 0.628. The van der Waals surface area contributed by atoms with Crippen molar-refractivity contribution in [3.8, 4) is 22.5 Å². The molecule has 0 saturated carbocycles. The quantitative estimate of drug-likeness (QED) is 0.180. The minimum Gasteiger partial charge on any atom is -0.309 e. The maximum Gasteiger partial charge on any atom is 0.123 e. The molecule has 1 aliphatic carbocycles. The van der Waals surface area contributed by atoms with Gasteiger partial charge in [-0.05, 0) is 132 Å². The van der Waals surface area contributed by atoms with Crippen molar-refractivity contribution >= 4 is 43.6 Å². The molecule has 0 unspecified atom stereocenters. The molecule has 0 atom stereocenters. The van der Waals surface area contributed by atoms with Crippen LogP contribution in [0.3, 0.4) is 0 Å². The molecule has 8 aromatic rings. The maximum atomic E-state index is 14.2. The summed E-state index contributed by atoms with van der Waals surface area (Å²) in [4.78, 5) is 0. The standard InChI is InChI=1S/C38H22F4N2/c39-23-3-11-35-31(17-23)32-18-24(40)4-12-36(32)43(35)27-7-9-29-21(15-27)1-2-22-16-28(8-10-30(22)29)44-37-13-5-25(41)19-33(37)34-20-26(42)6-14-38(34)44/h3-20H,1-2H2. The van der Waals surface area contributed by atoms with Gasteiger partial charge >= 0.3 is 0 Å². The summed E-state index contributed by atoms with van der Waals surface area (Å²) in [6.07, 6.45) is 1.65. The minimum absolute atomic E-state index is 0.359. The van der Waals surface area contributed by atoms with Crippen LogP contribution in [0.5, 0.6) is 0 Å². The average molecular weight is 583 g/mol. The first-order chi connectivity index (χ1) is 21.4. The van der Waals surface area contributed by atoms with E-state index in [1.54, 1.807) is 24.3 Å². The third-order valence-corrected chi connectivity index (χ3v) is 9.03. The fourth-order valence-corrected chi connectivity index (χ4v) is 7.14. The molecule has 44 heavy (non-hydrogen) atoms. The van der Waals surface area contributed by atoms with Crippen LogP contribution in [0.15, 0.2) is 109 Å². The normalized spacial score (nSPS) is 12.8. The Kier molecular flexibility index (Phi) is 5.19. The molecular formula is C38H22F4N2. The molecule has 0 N–H and O–H groups in total. The largest absolute Gasteiger partial charge is 0.309 e. The number of rotatable bonds is 2. The molecule has 0 fully saturated rings. The van der Waals surface area contributed by atoms with E-state index >= 15 is 0 Å². The molecule has 0 bridgehead atoms. The van der Waals surface area contributed by atoms with Crippen LogP contribution in [-0.4, -0.2) is 9.13 Å². The Morgan fingerprint density at radius 3 is 1.00 bits per heavy atom. The van der Waals surface area contributed by atoms with E-state index in [2.05, 4.69) is 45.5 Å². The van der Waals surface area contributed by atoms with E-state index in [1.807, 2.05) is 0 Å². The van der Waals surface area contributed by atoms with Crippen LogP contribution in [0.4, 0.5) is 17.6 Å². The van der Waals surface area contributed by atoms with Crippen molar-refractivity contribution in [2.45, 2.75) is 12.8 Å². The monoisotopic (exact) mass is 582 g/mol. The Hall–Kier alpha value is -5.36. The summed E-state index contributed by atoms with van der Waals surface area (Å²) in [6.45, 7) is 0. The molecule has 2 heterocycles. The highest BCUT2D eigenvalue weighted by Gasteiger charge is 2.21. The summed E-state index contributed by atoms with van der Waals surface area (Å²) in [5, 5.41) is 2.69. The highest BCUT2D eigenvalue weighted by Crippen LogP contribution is 2.40. The van der Waals surface area contributed by atoms with Gasteiger partial charge in [0.15, 0.2) is 0 Å². The smallest absolute Gasteiger partial charge is 0.123 e. The van der Waals surface area contributed by atoms with Crippen LogP contribution in [0, 0.1) is 23.3 Å². The van der Waals surface area contributed by atoms with Crippen LogP contribution in [-0.2, 0) is 12.8 Å². The molecule has 0 amide bonds. The predicted octanol–water partition coefficient (Wildman–Crippen LogP) is 10.2. The lowest BCUT2D eigenvalue weighted by atomic mass is 9.85. The molecule has 0 radical (unpaired) electrons. The number of aromatic nitrogens is 2. The van der Waals surface area contributed by atoms with Gasteiger partial charge in [0.05, 0.1) is 22.1 Å². The van der Waals surface area contributed by atoms with Crippen molar-refractivity contribution in [3.63, 3.8) is 0 Å². The number of halogens is 4. The Morgan fingerprint density at radius 2 is 0.682 bits per heavy atom. The van der Waals surface area contributed by atoms with Crippen LogP contribution in [0.2, 0.25) is 0 Å². The van der Waals surface area contributed by atoms with Gasteiger partial charge in [0.1, 0.15) is 23.3 Å². The van der Waals surface area contributed by atoms with Crippen molar-refractivity contribution in [1.29, 1.82) is 0 Å². The van der Waals surface area contributed by atoms with Crippen LogP contribution < -0.4 is 0 Å². The number of hydrogen-bond acceptors (Lipinski definition) is 0. The lowest BCUT2D eigenvalue weighted by Gasteiger charge is -2.22. The van der Waals surface area contributed by atoms with E-state index in [-0.39, 0.29) is 23.3 Å². The topological polar surface area (TPSA) is 9.86 Å². The molecular weight excluding hydrogens is 560 g/mol. The number of benzene rings is 6. The summed E-state index contributed by atoms with van der Waals surface area (Å²) < 4.78 is 61.0. The van der Waals surface area contributed by atoms with E-state index in [0.29, 0.717) is 21.5 Å². The van der Waals surface area contributed by atoms with Gasteiger partial charge in [-0.3, -0.25) is 0 Å². The Morgan fingerprint density at radius 1 is 0.364 bits per heavy atom. The Labute approximate surface area is 249 Å². The number of nitrogens with zero attached hydrogens (tertiary/aromatic N) is 2. The molecule has 2 nitrogen and oxygen atoms in total. The zero-order chi connectivity index (χ0) is 29.7. The van der Waals surface area contributed by atoms with Crippen LogP contribution in [0.1, 0.15) is 11.1 Å². The first-order valence-electron chi connectivity index (χ1n) is 14.5. The minimum atomic E-state index is -0.359. The third kappa shape index (κ3) is 3.60. The second kappa shape index (κ2) is 9.07. The van der Waals surface area contributed by atoms with Gasteiger partial charge in [-0.15, -0.1) is 0 Å². The SMILES string of the molecule is Fc1ccc2c(c1)c1cc(F)ccc1n2-c1ccc2c(c1)CCc1cc(-n3c4ccc(F)cc4c4cc(F)ccc43)ccc1-2. The first kappa shape index (κ1) is 25.2. The zero-order valence-electron chi connectivity index (χ0n) is 23.2. The summed E-state index contributed by atoms with van der Waals surface area (Å²) in [5.74, 6) is -1.44. The van der Waals surface area contributed by atoms with Crippen molar-refractivity contribution < 1.29 is 17.6 Å². The number of hydrogen-bond donors (Lipinski definition) is 0. The lowest BCUT2D eigenvalue weighted by Crippen LogP contribution is -2.07. The average Bonchev–Trinajstić information content (AvgIpc) is 3.51. The van der Waals surface area contributed by atoms with E-state index in [4.69, 9.17) is 0 Å². The Balaban J connectivity index is 1.18. The van der Waals surface area contributed by atoms with Crippen molar-refractivity contribution in [3.05, 3.63) is 144 Å². The highest BCUT2D eigenvalue weighted by molar-refractivity contribution is 6.10. The van der Waals surface area contributed by atoms with E-state index in [9.17, 15) is 17.6 Å². The fourth-order valence-electron chi connectivity index (χ4n) is 7.14. The molecule has 212 valence electrons. The Bertz CT molecular complexity index is 2210. The predicted molar refractivity (Wildman–Crippen MR) is 168 cm³/mol. The van der Waals surface area contributed by atoms with Crippen molar-refractivity contribution in [1.82, 2.24) is 9.13 Å². The van der Waals surface area contributed by atoms with Gasteiger partial charge in [0, 0.05) is 32.9 Å². The maximum absolute atomic E-state index is 14.2. The molecule has 0 aliphatic heterocycles. The van der Waals surface area contributed by atoms with Crippen molar-refractivity contribution in [2.75, 3.05) is 0 Å².